The van der Waals surface area contributed by atoms with E-state index in [2.05, 4.69) is 0 Å². The Morgan fingerprint density at radius 1 is 0.700 bits per heavy atom. The summed E-state index contributed by atoms with van der Waals surface area (Å²) < 4.78 is 0. The third kappa shape index (κ3) is 1.60. The molecule has 0 heterocycles. The summed E-state index contributed by atoms with van der Waals surface area (Å²) in [6.45, 7) is 0. The van der Waals surface area contributed by atoms with Crippen molar-refractivity contribution in [3.8, 4) is 11.1 Å². The Hall–Kier alpha value is -2.95. The van der Waals surface area contributed by atoms with Crippen molar-refractivity contribution in [3.05, 3.63) is 58.7 Å². The molecule has 3 rings (SSSR count). The molecule has 0 radical (unpaired) electrons. The van der Waals surface area contributed by atoms with Gasteiger partial charge in [-0.05, 0) is 34.4 Å². The van der Waals surface area contributed by atoms with Crippen LogP contribution in [-0.4, -0.2) is 17.7 Å². The molecule has 5 nitrogen and oxygen atoms in total. The van der Waals surface area contributed by atoms with Gasteiger partial charge in [-0.15, -0.1) is 0 Å². The summed E-state index contributed by atoms with van der Waals surface area (Å²) in [7, 11) is 0. The highest BCUT2D eigenvalue weighted by Gasteiger charge is 2.27. The lowest BCUT2D eigenvalue weighted by Crippen LogP contribution is -2.22. The van der Waals surface area contributed by atoms with E-state index in [-0.39, 0.29) is 22.3 Å². The number of fused-ring (bicyclic) bond motifs is 3. The first-order valence-corrected chi connectivity index (χ1v) is 5.75. The monoisotopic (exact) mass is 266 g/mol. The minimum absolute atomic E-state index is 0.0926. The topological polar surface area (TPSA) is 97.3 Å². The Bertz CT molecular complexity index is 723. The van der Waals surface area contributed by atoms with E-state index in [1.807, 2.05) is 0 Å². The molecule has 98 valence electrons. The van der Waals surface area contributed by atoms with Gasteiger partial charge in [-0.25, -0.2) is 0 Å². The Morgan fingerprint density at radius 3 is 1.45 bits per heavy atom. The highest BCUT2D eigenvalue weighted by atomic mass is 16.4. The van der Waals surface area contributed by atoms with Gasteiger partial charge in [0, 0.05) is 11.1 Å². The predicted molar refractivity (Wildman–Crippen MR) is 64.0 cm³/mol. The van der Waals surface area contributed by atoms with E-state index in [4.69, 9.17) is 0 Å². The van der Waals surface area contributed by atoms with E-state index in [0.29, 0.717) is 11.1 Å². The van der Waals surface area contributed by atoms with Crippen molar-refractivity contribution in [2.24, 2.45) is 0 Å². The van der Waals surface area contributed by atoms with Gasteiger partial charge >= 0.3 is 0 Å². The van der Waals surface area contributed by atoms with Crippen molar-refractivity contribution in [1.82, 2.24) is 0 Å². The van der Waals surface area contributed by atoms with Gasteiger partial charge in [-0.2, -0.15) is 0 Å². The van der Waals surface area contributed by atoms with E-state index in [9.17, 15) is 24.6 Å². The maximum atomic E-state index is 12.2. The highest BCUT2D eigenvalue weighted by molar-refractivity contribution is 6.22. The fraction of sp³-hybridized carbons (Fsp3) is 0. The fourth-order valence-corrected chi connectivity index (χ4v) is 2.33. The molecule has 0 bridgehead atoms. The van der Waals surface area contributed by atoms with Crippen LogP contribution in [0.25, 0.3) is 11.1 Å². The molecule has 0 saturated carbocycles. The first kappa shape index (κ1) is 12.1. The number of hydrogen-bond acceptors (Lipinski definition) is 5. The zero-order valence-corrected chi connectivity index (χ0v) is 10.0. The summed E-state index contributed by atoms with van der Waals surface area (Å²) in [5, 5.41) is 21.6. The zero-order chi connectivity index (χ0) is 14.4. The normalized spacial score (nSPS) is 11.9. The molecule has 1 aliphatic carbocycles. The van der Waals surface area contributed by atoms with Crippen LogP contribution in [0.2, 0.25) is 0 Å². The minimum atomic E-state index is -1.37. The predicted octanol–water partition coefficient (Wildman–Crippen LogP) is -0.375. The van der Waals surface area contributed by atoms with Crippen molar-refractivity contribution in [1.29, 1.82) is 0 Å². The van der Waals surface area contributed by atoms with Crippen LogP contribution in [0.15, 0.2) is 36.4 Å². The summed E-state index contributed by atoms with van der Waals surface area (Å²) in [5.74, 6) is -3.14. The fourth-order valence-electron chi connectivity index (χ4n) is 2.33. The van der Waals surface area contributed by atoms with Gasteiger partial charge in [0.2, 0.25) is 0 Å². The van der Waals surface area contributed by atoms with Gasteiger partial charge in [0.05, 0.1) is 11.9 Å². The molecular formula is C15H6O5-2. The van der Waals surface area contributed by atoms with Crippen LogP contribution in [0.5, 0.6) is 0 Å². The molecule has 0 aliphatic heterocycles. The van der Waals surface area contributed by atoms with Crippen molar-refractivity contribution in [3.63, 3.8) is 0 Å². The molecule has 0 saturated heterocycles. The summed E-state index contributed by atoms with van der Waals surface area (Å²) in [5.41, 5.74) is 1.45. The molecule has 20 heavy (non-hydrogen) atoms. The average molecular weight is 266 g/mol. The van der Waals surface area contributed by atoms with Crippen molar-refractivity contribution >= 4 is 17.7 Å². The number of hydrogen-bond donors (Lipinski definition) is 0. The number of carbonyl (C=O) groups excluding carboxylic acids is 3. The van der Waals surface area contributed by atoms with E-state index in [0.717, 1.165) is 0 Å². The summed E-state index contributed by atoms with van der Waals surface area (Å²) in [4.78, 5) is 33.8. The van der Waals surface area contributed by atoms with E-state index in [1.165, 1.54) is 36.4 Å². The number of carbonyl (C=O) groups is 3. The van der Waals surface area contributed by atoms with Gasteiger partial charge < -0.3 is 19.8 Å². The van der Waals surface area contributed by atoms with Crippen LogP contribution in [-0.2, 0) is 0 Å². The standard InChI is InChI=1S/C15H8O5/c16-13-11-5-7(14(17)18)1-3-9(11)10-4-2-8(15(19)20)6-12(10)13/h1-6H,(H,17,18)(H,19,20)/p-2. The Morgan fingerprint density at radius 2 is 1.10 bits per heavy atom. The SMILES string of the molecule is O=C([O-])c1ccc2c(c1)C(=O)c1cc(C(=O)[O-])ccc1-2. The summed E-state index contributed by atoms with van der Waals surface area (Å²) in [6, 6.07) is 8.22. The van der Waals surface area contributed by atoms with Crippen molar-refractivity contribution in [2.45, 2.75) is 0 Å². The number of ketones is 1. The van der Waals surface area contributed by atoms with Crippen molar-refractivity contribution < 1.29 is 24.6 Å². The maximum absolute atomic E-state index is 12.2. The van der Waals surface area contributed by atoms with Gasteiger partial charge in [0.1, 0.15) is 0 Å². The maximum Gasteiger partial charge on any atom is 0.194 e. The third-order valence-electron chi connectivity index (χ3n) is 3.29. The molecule has 5 heteroatoms. The molecule has 1 aliphatic rings. The van der Waals surface area contributed by atoms with Crippen LogP contribution in [0.1, 0.15) is 36.6 Å². The van der Waals surface area contributed by atoms with Crippen LogP contribution >= 0.6 is 0 Å². The Balaban J connectivity index is 2.21. The second kappa shape index (κ2) is 4.03. The van der Waals surface area contributed by atoms with Crippen LogP contribution in [0.4, 0.5) is 0 Å². The molecule has 0 spiro atoms. The van der Waals surface area contributed by atoms with Gasteiger partial charge in [-0.3, -0.25) is 4.79 Å². The number of benzene rings is 2. The number of rotatable bonds is 2. The molecule has 0 unspecified atom stereocenters. The van der Waals surface area contributed by atoms with Crippen LogP contribution in [0.3, 0.4) is 0 Å². The quantitative estimate of drug-likeness (QED) is 0.630. The molecular weight excluding hydrogens is 260 g/mol. The van der Waals surface area contributed by atoms with Gasteiger partial charge in [-0.1, -0.05) is 24.3 Å². The smallest absolute Gasteiger partial charge is 0.194 e. The molecule has 2 aromatic rings. The van der Waals surface area contributed by atoms with Gasteiger partial charge in [0.25, 0.3) is 0 Å². The molecule has 0 amide bonds. The van der Waals surface area contributed by atoms with E-state index >= 15 is 0 Å². The number of aromatic carboxylic acids is 2. The zero-order valence-electron chi connectivity index (χ0n) is 10.0. The lowest BCUT2D eigenvalue weighted by molar-refractivity contribution is -0.256. The first-order chi connectivity index (χ1) is 9.49. The average Bonchev–Trinajstić information content (AvgIpc) is 2.71. The van der Waals surface area contributed by atoms with Crippen LogP contribution < -0.4 is 10.2 Å². The van der Waals surface area contributed by atoms with E-state index < -0.39 is 17.7 Å². The minimum Gasteiger partial charge on any atom is -0.545 e. The molecule has 0 aromatic heterocycles. The second-order valence-corrected chi connectivity index (χ2v) is 4.42. The second-order valence-electron chi connectivity index (χ2n) is 4.42. The number of carboxylic acid groups (broad SMARTS) is 2. The highest BCUT2D eigenvalue weighted by Crippen LogP contribution is 2.37. The largest absolute Gasteiger partial charge is 0.545 e. The third-order valence-corrected chi connectivity index (χ3v) is 3.29. The van der Waals surface area contributed by atoms with Gasteiger partial charge in [0.15, 0.2) is 5.78 Å². The molecule has 0 fully saturated rings. The molecule has 0 N–H and O–H groups in total. The molecule has 2 aromatic carbocycles. The lowest BCUT2D eigenvalue weighted by atomic mass is 10.0. The Labute approximate surface area is 113 Å². The summed E-state index contributed by atoms with van der Waals surface area (Å²) >= 11 is 0. The lowest BCUT2D eigenvalue weighted by Gasteiger charge is -2.05. The summed E-state index contributed by atoms with van der Waals surface area (Å²) in [6.07, 6.45) is 0. The van der Waals surface area contributed by atoms with Crippen molar-refractivity contribution in [2.75, 3.05) is 0 Å². The number of carboxylic acids is 2. The Kier molecular flexibility index (Phi) is 2.44. The van der Waals surface area contributed by atoms with Crippen LogP contribution in [0, 0.1) is 0 Å². The molecule has 0 atom stereocenters. The van der Waals surface area contributed by atoms with E-state index in [1.54, 1.807) is 0 Å². The first-order valence-electron chi connectivity index (χ1n) is 5.75.